The number of hydrogen-bond acceptors (Lipinski definition) is 3. The Kier molecular flexibility index (Phi) is 3.89. The molecule has 0 saturated heterocycles. The molecule has 0 saturated carbocycles. The number of methoxy groups -OCH3 is 1. The smallest absolute Gasteiger partial charge is 0.0930 e. The van der Waals surface area contributed by atoms with E-state index in [0.29, 0.717) is 6.61 Å². The molecule has 0 aromatic heterocycles. The Bertz CT molecular complexity index is 246. The van der Waals surface area contributed by atoms with Crippen LogP contribution in [0.4, 0.5) is 0 Å². The number of rotatable bonds is 4. The topological polar surface area (TPSA) is 44.5 Å². The summed E-state index contributed by atoms with van der Waals surface area (Å²) in [4.78, 5) is 4.52. The number of benzene rings is 1. The molecule has 0 radical (unpaired) electrons. The zero-order valence-electron chi connectivity index (χ0n) is 7.99. The summed E-state index contributed by atoms with van der Waals surface area (Å²) in [6, 6.07) is 8.00. The molecule has 0 aliphatic rings. The first-order valence-electron chi connectivity index (χ1n) is 4.21. The predicted molar refractivity (Wildman–Crippen MR) is 50.8 cm³/mol. The van der Waals surface area contributed by atoms with E-state index in [1.807, 2.05) is 31.2 Å². The molecule has 0 amide bonds. The van der Waals surface area contributed by atoms with Crippen LogP contribution >= 0.6 is 0 Å². The normalized spacial score (nSPS) is 12.8. The molecule has 0 bridgehead atoms. The summed E-state index contributed by atoms with van der Waals surface area (Å²) in [5, 5.41) is 0. The van der Waals surface area contributed by atoms with Gasteiger partial charge >= 0.3 is 0 Å². The van der Waals surface area contributed by atoms with Gasteiger partial charge in [0.15, 0.2) is 0 Å². The molecule has 0 aliphatic heterocycles. The van der Waals surface area contributed by atoms with Gasteiger partial charge in [-0.05, 0) is 18.1 Å². The lowest BCUT2D eigenvalue weighted by Gasteiger charge is -2.09. The molecule has 0 spiro atoms. The standard InChI is InChI=1S/C10H15NO2/c1-8(12-2)10-5-3-9(4-6-10)7-13-11/h3-6,8H,7,11H2,1-2H3. The molecule has 1 aromatic carbocycles. The van der Waals surface area contributed by atoms with E-state index in [-0.39, 0.29) is 6.10 Å². The second-order valence-electron chi connectivity index (χ2n) is 2.93. The third kappa shape index (κ3) is 2.81. The van der Waals surface area contributed by atoms with Gasteiger partial charge in [-0.2, -0.15) is 0 Å². The van der Waals surface area contributed by atoms with Crippen LogP contribution < -0.4 is 5.90 Å². The molecule has 1 unspecified atom stereocenters. The molecule has 3 nitrogen and oxygen atoms in total. The van der Waals surface area contributed by atoms with E-state index in [1.165, 1.54) is 0 Å². The molecule has 0 aliphatic carbocycles. The summed E-state index contributed by atoms with van der Waals surface area (Å²) in [6.07, 6.45) is 0.132. The van der Waals surface area contributed by atoms with Crippen molar-refractivity contribution in [2.45, 2.75) is 19.6 Å². The van der Waals surface area contributed by atoms with Crippen molar-refractivity contribution in [2.24, 2.45) is 5.90 Å². The van der Waals surface area contributed by atoms with Gasteiger partial charge in [-0.3, -0.25) is 4.84 Å². The van der Waals surface area contributed by atoms with E-state index in [1.54, 1.807) is 7.11 Å². The Balaban J connectivity index is 2.69. The monoisotopic (exact) mass is 181 g/mol. The molecule has 72 valence electrons. The number of hydrogen-bond donors (Lipinski definition) is 1. The number of ether oxygens (including phenoxy) is 1. The summed E-state index contributed by atoms with van der Waals surface area (Å²) < 4.78 is 5.18. The number of nitrogens with two attached hydrogens (primary N) is 1. The first kappa shape index (κ1) is 10.2. The molecular formula is C10H15NO2. The average Bonchev–Trinajstić information content (AvgIpc) is 2.18. The fraction of sp³-hybridized carbons (Fsp3) is 0.400. The summed E-state index contributed by atoms with van der Waals surface area (Å²) in [5.41, 5.74) is 2.22. The maximum absolute atomic E-state index is 5.18. The van der Waals surface area contributed by atoms with Gasteiger partial charge in [0.1, 0.15) is 0 Å². The van der Waals surface area contributed by atoms with Crippen LogP contribution in [0.15, 0.2) is 24.3 Å². The minimum Gasteiger partial charge on any atom is -0.377 e. The van der Waals surface area contributed by atoms with Gasteiger partial charge in [0.25, 0.3) is 0 Å². The maximum atomic E-state index is 5.18. The van der Waals surface area contributed by atoms with E-state index in [4.69, 9.17) is 10.6 Å². The van der Waals surface area contributed by atoms with Crippen LogP contribution in [0.3, 0.4) is 0 Å². The van der Waals surface area contributed by atoms with Crippen LogP contribution in [-0.2, 0) is 16.2 Å². The van der Waals surface area contributed by atoms with Crippen molar-refractivity contribution < 1.29 is 9.57 Å². The van der Waals surface area contributed by atoms with Crippen molar-refractivity contribution >= 4 is 0 Å². The lowest BCUT2D eigenvalue weighted by atomic mass is 10.1. The van der Waals surface area contributed by atoms with Crippen molar-refractivity contribution in [3.63, 3.8) is 0 Å². The van der Waals surface area contributed by atoms with Gasteiger partial charge in [-0.25, -0.2) is 5.90 Å². The lowest BCUT2D eigenvalue weighted by molar-refractivity contribution is 0.118. The SMILES string of the molecule is COC(C)c1ccc(CON)cc1. The van der Waals surface area contributed by atoms with Gasteiger partial charge in [0.05, 0.1) is 12.7 Å². The van der Waals surface area contributed by atoms with Gasteiger partial charge in [-0.15, -0.1) is 0 Å². The van der Waals surface area contributed by atoms with Gasteiger partial charge in [0.2, 0.25) is 0 Å². The molecule has 2 N–H and O–H groups in total. The average molecular weight is 181 g/mol. The quantitative estimate of drug-likeness (QED) is 0.720. The fourth-order valence-corrected chi connectivity index (χ4v) is 1.12. The molecular weight excluding hydrogens is 166 g/mol. The van der Waals surface area contributed by atoms with Crippen molar-refractivity contribution in [1.82, 2.24) is 0 Å². The van der Waals surface area contributed by atoms with Crippen LogP contribution in [0.25, 0.3) is 0 Å². The van der Waals surface area contributed by atoms with E-state index in [2.05, 4.69) is 4.84 Å². The van der Waals surface area contributed by atoms with Crippen LogP contribution in [0.1, 0.15) is 24.2 Å². The largest absolute Gasteiger partial charge is 0.377 e. The highest BCUT2D eigenvalue weighted by Gasteiger charge is 2.02. The zero-order chi connectivity index (χ0) is 9.68. The molecule has 1 aromatic rings. The molecule has 0 heterocycles. The molecule has 1 atom stereocenters. The van der Waals surface area contributed by atoms with Gasteiger partial charge in [-0.1, -0.05) is 24.3 Å². The second kappa shape index (κ2) is 4.97. The molecule has 0 fully saturated rings. The first-order chi connectivity index (χ1) is 6.27. The predicted octanol–water partition coefficient (Wildman–Crippen LogP) is 1.78. The summed E-state index contributed by atoms with van der Waals surface area (Å²) in [5.74, 6) is 4.96. The summed E-state index contributed by atoms with van der Waals surface area (Å²) in [7, 11) is 1.70. The highest BCUT2D eigenvalue weighted by atomic mass is 16.6. The van der Waals surface area contributed by atoms with Crippen LogP contribution in [0, 0.1) is 0 Å². The highest BCUT2D eigenvalue weighted by molar-refractivity contribution is 5.23. The third-order valence-corrected chi connectivity index (χ3v) is 2.05. The third-order valence-electron chi connectivity index (χ3n) is 2.05. The van der Waals surface area contributed by atoms with Crippen LogP contribution in [-0.4, -0.2) is 7.11 Å². The second-order valence-corrected chi connectivity index (χ2v) is 2.93. The van der Waals surface area contributed by atoms with Crippen LogP contribution in [0.5, 0.6) is 0 Å². The van der Waals surface area contributed by atoms with E-state index in [9.17, 15) is 0 Å². The van der Waals surface area contributed by atoms with Crippen LogP contribution in [0.2, 0.25) is 0 Å². The summed E-state index contributed by atoms with van der Waals surface area (Å²) in [6.45, 7) is 2.45. The Morgan fingerprint density at radius 2 is 1.92 bits per heavy atom. The van der Waals surface area contributed by atoms with Crippen molar-refractivity contribution in [1.29, 1.82) is 0 Å². The fourth-order valence-electron chi connectivity index (χ4n) is 1.12. The van der Waals surface area contributed by atoms with E-state index >= 15 is 0 Å². The Morgan fingerprint density at radius 3 is 2.38 bits per heavy atom. The molecule has 3 heteroatoms. The highest BCUT2D eigenvalue weighted by Crippen LogP contribution is 2.16. The Hall–Kier alpha value is -0.900. The zero-order valence-corrected chi connectivity index (χ0v) is 7.99. The maximum Gasteiger partial charge on any atom is 0.0930 e. The van der Waals surface area contributed by atoms with Crippen molar-refractivity contribution in [2.75, 3.05) is 7.11 Å². The van der Waals surface area contributed by atoms with E-state index < -0.39 is 0 Å². The van der Waals surface area contributed by atoms with Crippen molar-refractivity contribution in [3.05, 3.63) is 35.4 Å². The van der Waals surface area contributed by atoms with Gasteiger partial charge in [0, 0.05) is 7.11 Å². The Labute approximate surface area is 78.4 Å². The van der Waals surface area contributed by atoms with Gasteiger partial charge < -0.3 is 4.74 Å². The minimum atomic E-state index is 0.132. The molecule has 1 rings (SSSR count). The first-order valence-corrected chi connectivity index (χ1v) is 4.21. The lowest BCUT2D eigenvalue weighted by Crippen LogP contribution is -2.00. The molecule has 13 heavy (non-hydrogen) atoms. The Morgan fingerprint density at radius 1 is 1.31 bits per heavy atom. The van der Waals surface area contributed by atoms with E-state index in [0.717, 1.165) is 11.1 Å². The summed E-state index contributed by atoms with van der Waals surface area (Å²) >= 11 is 0. The van der Waals surface area contributed by atoms with Crippen molar-refractivity contribution in [3.8, 4) is 0 Å². The minimum absolute atomic E-state index is 0.132.